The van der Waals surface area contributed by atoms with Gasteiger partial charge in [0, 0.05) is 18.7 Å². The predicted octanol–water partition coefficient (Wildman–Crippen LogP) is 3.25. The van der Waals surface area contributed by atoms with Gasteiger partial charge in [-0.3, -0.25) is 9.10 Å². The summed E-state index contributed by atoms with van der Waals surface area (Å²) in [6.45, 7) is 0.828. The van der Waals surface area contributed by atoms with Crippen LogP contribution < -0.4 is 14.4 Å². The average molecular weight is 423 g/mol. The fourth-order valence-electron chi connectivity index (χ4n) is 3.15. The van der Waals surface area contributed by atoms with Crippen molar-refractivity contribution >= 4 is 33.2 Å². The maximum atomic E-state index is 12.5. The molecule has 28 heavy (non-hydrogen) atoms. The molecule has 2 aromatic carbocycles. The third-order valence-electron chi connectivity index (χ3n) is 4.66. The fraction of sp³-hybridized carbons (Fsp3) is 0.350. The lowest BCUT2D eigenvalue weighted by Gasteiger charge is -2.29. The molecule has 0 unspecified atom stereocenters. The molecule has 1 saturated heterocycles. The minimum Gasteiger partial charge on any atom is -0.497 e. The zero-order valence-corrected chi connectivity index (χ0v) is 17.2. The molecule has 6 nitrogen and oxygen atoms in total. The van der Waals surface area contributed by atoms with E-state index in [4.69, 9.17) is 16.3 Å². The minimum atomic E-state index is -3.40. The van der Waals surface area contributed by atoms with E-state index in [-0.39, 0.29) is 11.7 Å². The lowest BCUT2D eigenvalue weighted by Crippen LogP contribution is -2.38. The summed E-state index contributed by atoms with van der Waals surface area (Å²) in [4.78, 5) is 12.5. The Bertz CT molecular complexity index is 962. The van der Waals surface area contributed by atoms with Gasteiger partial charge in [-0.05, 0) is 55.2 Å². The first kappa shape index (κ1) is 20.5. The Morgan fingerprint density at radius 2 is 2.04 bits per heavy atom. The van der Waals surface area contributed by atoms with Gasteiger partial charge in [0.15, 0.2) is 0 Å². The number of benzene rings is 2. The average Bonchev–Trinajstić information content (AvgIpc) is 2.68. The number of hydrogen-bond donors (Lipinski definition) is 1. The van der Waals surface area contributed by atoms with Crippen molar-refractivity contribution in [2.24, 2.45) is 0 Å². The molecule has 1 aliphatic rings. The highest BCUT2D eigenvalue weighted by Gasteiger charge is 2.28. The number of ether oxygens (including phenoxy) is 1. The zero-order chi connectivity index (χ0) is 20.1. The van der Waals surface area contributed by atoms with Crippen LogP contribution in [0.4, 0.5) is 5.69 Å². The van der Waals surface area contributed by atoms with E-state index < -0.39 is 10.0 Å². The molecule has 0 spiro atoms. The molecular weight excluding hydrogens is 400 g/mol. The van der Waals surface area contributed by atoms with Crippen LogP contribution in [0, 0.1) is 0 Å². The molecule has 0 atom stereocenters. The summed E-state index contributed by atoms with van der Waals surface area (Å²) in [6.07, 6.45) is 2.07. The highest BCUT2D eigenvalue weighted by molar-refractivity contribution is 7.92. The number of nitrogens with zero attached hydrogens (tertiary/aromatic N) is 1. The van der Waals surface area contributed by atoms with E-state index in [1.807, 2.05) is 24.3 Å². The maximum absolute atomic E-state index is 12.5. The van der Waals surface area contributed by atoms with Gasteiger partial charge in [-0.2, -0.15) is 0 Å². The number of nitrogens with one attached hydrogen (secondary N) is 1. The van der Waals surface area contributed by atoms with Gasteiger partial charge in [-0.1, -0.05) is 23.7 Å². The Kier molecular flexibility index (Phi) is 6.46. The number of carbonyl (C=O) groups excluding carboxylic acids is 1. The summed E-state index contributed by atoms with van der Waals surface area (Å²) >= 11 is 6.22. The molecule has 0 aliphatic carbocycles. The maximum Gasteiger partial charge on any atom is 0.251 e. The first-order chi connectivity index (χ1) is 13.4. The van der Waals surface area contributed by atoms with E-state index in [2.05, 4.69) is 5.32 Å². The Hall–Kier alpha value is -2.25. The highest BCUT2D eigenvalue weighted by Crippen LogP contribution is 2.31. The van der Waals surface area contributed by atoms with Gasteiger partial charge in [0.05, 0.1) is 23.6 Å². The SMILES string of the molecule is COc1cccc(CCNC(=O)c2ccc(Cl)c(N3CCCCS3(=O)=O)c2)c1. The molecule has 3 rings (SSSR count). The smallest absolute Gasteiger partial charge is 0.251 e. The fourth-order valence-corrected chi connectivity index (χ4v) is 5.07. The molecule has 1 amide bonds. The van der Waals surface area contributed by atoms with E-state index in [0.29, 0.717) is 42.2 Å². The highest BCUT2D eigenvalue weighted by atomic mass is 35.5. The Labute approximate surface area is 170 Å². The first-order valence-corrected chi connectivity index (χ1v) is 11.1. The number of anilines is 1. The third-order valence-corrected chi connectivity index (χ3v) is 6.83. The van der Waals surface area contributed by atoms with Crippen LogP contribution >= 0.6 is 11.6 Å². The molecule has 1 fully saturated rings. The molecule has 0 radical (unpaired) electrons. The molecule has 8 heteroatoms. The standard InChI is InChI=1S/C20H23ClN2O4S/c1-27-17-6-4-5-15(13-17)9-10-22-20(24)16-7-8-18(21)19(14-16)23-11-2-3-12-28(23,25)26/h4-8,13-14H,2-3,9-12H2,1H3,(H,22,24). The number of amides is 1. The number of rotatable bonds is 6. The van der Waals surface area contributed by atoms with E-state index >= 15 is 0 Å². The summed E-state index contributed by atoms with van der Waals surface area (Å²) in [5.41, 5.74) is 1.79. The van der Waals surface area contributed by atoms with Crippen LogP contribution in [0.5, 0.6) is 5.75 Å². The molecule has 0 saturated carbocycles. The number of sulfonamides is 1. The van der Waals surface area contributed by atoms with Gasteiger partial charge >= 0.3 is 0 Å². The van der Waals surface area contributed by atoms with Gasteiger partial charge in [0.2, 0.25) is 10.0 Å². The lowest BCUT2D eigenvalue weighted by molar-refractivity contribution is 0.0954. The van der Waals surface area contributed by atoms with Gasteiger partial charge < -0.3 is 10.1 Å². The van der Waals surface area contributed by atoms with Crippen LogP contribution in [0.25, 0.3) is 0 Å². The molecule has 0 bridgehead atoms. The monoisotopic (exact) mass is 422 g/mol. The zero-order valence-electron chi connectivity index (χ0n) is 15.7. The Morgan fingerprint density at radius 1 is 1.21 bits per heavy atom. The van der Waals surface area contributed by atoms with Gasteiger partial charge in [0.25, 0.3) is 5.91 Å². The predicted molar refractivity (Wildman–Crippen MR) is 111 cm³/mol. The summed E-state index contributed by atoms with van der Waals surface area (Å²) < 4.78 is 31.2. The molecule has 1 heterocycles. The quantitative estimate of drug-likeness (QED) is 0.775. The normalized spacial score (nSPS) is 15.9. The molecule has 150 valence electrons. The van der Waals surface area contributed by atoms with E-state index in [1.165, 1.54) is 4.31 Å². The second kappa shape index (κ2) is 8.84. The van der Waals surface area contributed by atoms with Crippen LogP contribution in [0.1, 0.15) is 28.8 Å². The van der Waals surface area contributed by atoms with Crippen molar-refractivity contribution in [3.8, 4) is 5.75 Å². The number of methoxy groups -OCH3 is 1. The van der Waals surface area contributed by atoms with Gasteiger partial charge in [0.1, 0.15) is 5.75 Å². The van der Waals surface area contributed by atoms with Crippen molar-refractivity contribution in [3.05, 3.63) is 58.6 Å². The van der Waals surface area contributed by atoms with Crippen molar-refractivity contribution < 1.29 is 17.9 Å². The number of carbonyl (C=O) groups is 1. The van der Waals surface area contributed by atoms with Crippen LogP contribution in [0.15, 0.2) is 42.5 Å². The van der Waals surface area contributed by atoms with E-state index in [1.54, 1.807) is 25.3 Å². The van der Waals surface area contributed by atoms with Crippen molar-refractivity contribution in [3.63, 3.8) is 0 Å². The number of halogens is 1. The largest absolute Gasteiger partial charge is 0.497 e. The number of hydrogen-bond acceptors (Lipinski definition) is 4. The van der Waals surface area contributed by atoms with Crippen molar-refractivity contribution in [1.82, 2.24) is 5.32 Å². The molecule has 2 aromatic rings. The molecule has 0 aromatic heterocycles. The Morgan fingerprint density at radius 3 is 2.79 bits per heavy atom. The van der Waals surface area contributed by atoms with Crippen LogP contribution in [0.2, 0.25) is 5.02 Å². The summed E-state index contributed by atoms with van der Waals surface area (Å²) in [5, 5.41) is 3.18. The van der Waals surface area contributed by atoms with E-state index in [9.17, 15) is 13.2 Å². The van der Waals surface area contributed by atoms with Crippen LogP contribution in [0.3, 0.4) is 0 Å². The van der Waals surface area contributed by atoms with Crippen LogP contribution in [-0.4, -0.2) is 40.3 Å². The lowest BCUT2D eigenvalue weighted by atomic mass is 10.1. The first-order valence-electron chi connectivity index (χ1n) is 9.12. The summed E-state index contributed by atoms with van der Waals surface area (Å²) in [7, 11) is -1.78. The van der Waals surface area contributed by atoms with Gasteiger partial charge in [-0.25, -0.2) is 8.42 Å². The minimum absolute atomic E-state index is 0.0975. The Balaban J connectivity index is 1.68. The van der Waals surface area contributed by atoms with Gasteiger partial charge in [-0.15, -0.1) is 0 Å². The summed E-state index contributed by atoms with van der Waals surface area (Å²) in [6, 6.07) is 12.4. The second-order valence-corrected chi connectivity index (χ2v) is 9.04. The van der Waals surface area contributed by atoms with Crippen LogP contribution in [-0.2, 0) is 16.4 Å². The topological polar surface area (TPSA) is 75.7 Å². The van der Waals surface area contributed by atoms with E-state index in [0.717, 1.165) is 17.7 Å². The van der Waals surface area contributed by atoms with Crippen molar-refractivity contribution in [2.75, 3.05) is 30.3 Å². The molecule has 1 aliphatic heterocycles. The molecule has 1 N–H and O–H groups in total. The third kappa shape index (κ3) is 4.77. The molecular formula is C20H23ClN2O4S. The summed E-state index contributed by atoms with van der Waals surface area (Å²) in [5.74, 6) is 0.601. The van der Waals surface area contributed by atoms with Crippen molar-refractivity contribution in [1.29, 1.82) is 0 Å². The second-order valence-electron chi connectivity index (χ2n) is 6.62. The van der Waals surface area contributed by atoms with Crippen molar-refractivity contribution in [2.45, 2.75) is 19.3 Å².